The quantitative estimate of drug-likeness (QED) is 0.593. The van der Waals surface area contributed by atoms with Gasteiger partial charge in [-0.2, -0.15) is 5.10 Å². The molecule has 0 unspecified atom stereocenters. The first-order valence-corrected chi connectivity index (χ1v) is 5.24. The highest BCUT2D eigenvalue weighted by Crippen LogP contribution is 2.13. The van der Waals surface area contributed by atoms with Crippen LogP contribution in [0.15, 0.2) is 23.3 Å². The Bertz CT molecular complexity index is 424. The highest BCUT2D eigenvalue weighted by Gasteiger charge is 2.05. The van der Waals surface area contributed by atoms with Crippen LogP contribution in [0, 0.1) is 13.8 Å². The lowest BCUT2D eigenvalue weighted by Crippen LogP contribution is -2.26. The first kappa shape index (κ1) is 12.2. The molecule has 0 fully saturated rings. The number of rotatable bonds is 3. The van der Waals surface area contributed by atoms with Crippen molar-refractivity contribution >= 4 is 11.7 Å². The number of amides is 2. The van der Waals surface area contributed by atoms with E-state index in [9.17, 15) is 4.79 Å². The topological polar surface area (TPSA) is 67.5 Å². The van der Waals surface area contributed by atoms with Crippen molar-refractivity contribution in [3.8, 4) is 0 Å². The smallest absolute Gasteiger partial charge is 0.332 e. The number of benzene rings is 1. The Kier molecular flexibility index (Phi) is 4.05. The van der Waals surface area contributed by atoms with E-state index in [-0.39, 0.29) is 0 Å². The lowest BCUT2D eigenvalue weighted by molar-refractivity contribution is 0.249. The molecular formula is C12H17N3O. The van der Waals surface area contributed by atoms with Gasteiger partial charge in [-0.1, -0.05) is 24.6 Å². The Balaban J connectivity index is 3.07. The van der Waals surface area contributed by atoms with E-state index in [4.69, 9.17) is 5.73 Å². The Morgan fingerprint density at radius 3 is 2.69 bits per heavy atom. The van der Waals surface area contributed by atoms with E-state index < -0.39 is 6.03 Å². The van der Waals surface area contributed by atoms with Crippen LogP contribution in [0.4, 0.5) is 4.79 Å². The number of aryl methyl sites for hydroxylation is 2. The molecule has 4 nitrogen and oxygen atoms in total. The summed E-state index contributed by atoms with van der Waals surface area (Å²) in [5.74, 6) is 0. The molecule has 86 valence electrons. The third-order valence-electron chi connectivity index (χ3n) is 2.34. The molecule has 0 atom stereocenters. The number of nitrogens with zero attached hydrogens (tertiary/aromatic N) is 1. The van der Waals surface area contributed by atoms with Gasteiger partial charge in [-0.15, -0.1) is 0 Å². The fourth-order valence-electron chi connectivity index (χ4n) is 1.50. The number of hydrogen-bond donors (Lipinski definition) is 2. The molecule has 0 saturated carbocycles. The second-order valence-electron chi connectivity index (χ2n) is 3.71. The SMILES string of the molecule is CCC(=NNC(N)=O)c1cc(C)ccc1C. The van der Waals surface area contributed by atoms with Crippen LogP contribution in [0.25, 0.3) is 0 Å². The second-order valence-corrected chi connectivity index (χ2v) is 3.71. The standard InChI is InChI=1S/C12H17N3O/c1-4-11(14-15-12(13)16)10-7-8(2)5-6-9(10)3/h5-7H,4H2,1-3H3,(H3,13,15,16). The van der Waals surface area contributed by atoms with Crippen LogP contribution in [0.2, 0.25) is 0 Å². The monoisotopic (exact) mass is 219 g/mol. The van der Waals surface area contributed by atoms with E-state index in [0.29, 0.717) is 0 Å². The summed E-state index contributed by atoms with van der Waals surface area (Å²) < 4.78 is 0. The molecule has 0 spiro atoms. The summed E-state index contributed by atoms with van der Waals surface area (Å²) >= 11 is 0. The summed E-state index contributed by atoms with van der Waals surface area (Å²) in [6.45, 7) is 6.03. The van der Waals surface area contributed by atoms with Crippen LogP contribution >= 0.6 is 0 Å². The number of carbonyl (C=O) groups excluding carboxylic acids is 1. The van der Waals surface area contributed by atoms with Crippen LogP contribution in [-0.4, -0.2) is 11.7 Å². The van der Waals surface area contributed by atoms with E-state index in [0.717, 1.165) is 23.3 Å². The largest absolute Gasteiger partial charge is 0.350 e. The Hall–Kier alpha value is -1.84. The highest BCUT2D eigenvalue weighted by molar-refractivity contribution is 6.02. The van der Waals surface area contributed by atoms with Crippen LogP contribution in [-0.2, 0) is 0 Å². The molecule has 2 amide bonds. The average molecular weight is 219 g/mol. The molecule has 0 heterocycles. The van der Waals surface area contributed by atoms with E-state index in [2.05, 4.69) is 16.6 Å². The molecule has 0 aliphatic rings. The Labute approximate surface area is 95.5 Å². The van der Waals surface area contributed by atoms with Gasteiger partial charge in [-0.3, -0.25) is 0 Å². The number of nitrogens with two attached hydrogens (primary N) is 1. The predicted molar refractivity (Wildman–Crippen MR) is 65.5 cm³/mol. The van der Waals surface area contributed by atoms with Crippen molar-refractivity contribution in [1.82, 2.24) is 5.43 Å². The van der Waals surface area contributed by atoms with Crippen molar-refractivity contribution in [1.29, 1.82) is 0 Å². The van der Waals surface area contributed by atoms with E-state index in [1.54, 1.807) is 0 Å². The molecule has 0 aliphatic heterocycles. The summed E-state index contributed by atoms with van der Waals surface area (Å²) in [5, 5.41) is 4.01. The maximum atomic E-state index is 10.6. The number of carbonyl (C=O) groups is 1. The van der Waals surface area contributed by atoms with Crippen molar-refractivity contribution in [3.05, 3.63) is 34.9 Å². The van der Waals surface area contributed by atoms with Crippen LogP contribution < -0.4 is 11.2 Å². The van der Waals surface area contributed by atoms with Gasteiger partial charge in [0, 0.05) is 5.56 Å². The van der Waals surface area contributed by atoms with Crippen molar-refractivity contribution in [2.45, 2.75) is 27.2 Å². The van der Waals surface area contributed by atoms with Gasteiger partial charge in [-0.05, 0) is 31.9 Å². The molecule has 3 N–H and O–H groups in total. The van der Waals surface area contributed by atoms with Gasteiger partial charge < -0.3 is 5.73 Å². The summed E-state index contributed by atoms with van der Waals surface area (Å²) in [4.78, 5) is 10.6. The van der Waals surface area contributed by atoms with Gasteiger partial charge in [0.2, 0.25) is 0 Å². The third kappa shape index (κ3) is 3.08. The zero-order valence-corrected chi connectivity index (χ0v) is 9.87. The molecule has 1 aromatic carbocycles. The predicted octanol–water partition coefficient (Wildman–Crippen LogP) is 2.09. The number of nitrogens with one attached hydrogen (secondary N) is 1. The Morgan fingerprint density at radius 1 is 1.44 bits per heavy atom. The molecule has 0 bridgehead atoms. The zero-order chi connectivity index (χ0) is 12.1. The molecule has 0 aliphatic carbocycles. The lowest BCUT2D eigenvalue weighted by Gasteiger charge is -2.08. The summed E-state index contributed by atoms with van der Waals surface area (Å²) in [6, 6.07) is 5.50. The minimum Gasteiger partial charge on any atom is -0.350 e. The third-order valence-corrected chi connectivity index (χ3v) is 2.34. The van der Waals surface area contributed by atoms with Gasteiger partial charge in [0.15, 0.2) is 0 Å². The molecule has 0 radical (unpaired) electrons. The Morgan fingerprint density at radius 2 is 2.12 bits per heavy atom. The lowest BCUT2D eigenvalue weighted by atomic mass is 10.0. The molecule has 0 saturated heterocycles. The van der Waals surface area contributed by atoms with Crippen LogP contribution in [0.3, 0.4) is 0 Å². The minimum atomic E-state index is -0.642. The van der Waals surface area contributed by atoms with Crippen molar-refractivity contribution in [2.24, 2.45) is 10.8 Å². The van der Waals surface area contributed by atoms with Gasteiger partial charge >= 0.3 is 6.03 Å². The van der Waals surface area contributed by atoms with Gasteiger partial charge in [-0.25, -0.2) is 10.2 Å². The second kappa shape index (κ2) is 5.30. The number of hydrazone groups is 1. The number of primary amides is 1. The zero-order valence-electron chi connectivity index (χ0n) is 9.87. The normalized spacial score (nSPS) is 11.3. The van der Waals surface area contributed by atoms with Crippen LogP contribution in [0.5, 0.6) is 0 Å². The maximum absolute atomic E-state index is 10.6. The van der Waals surface area contributed by atoms with Crippen LogP contribution in [0.1, 0.15) is 30.0 Å². The first-order valence-electron chi connectivity index (χ1n) is 5.24. The molecule has 1 aromatic rings. The van der Waals surface area contributed by atoms with E-state index in [1.165, 1.54) is 5.56 Å². The van der Waals surface area contributed by atoms with Crippen molar-refractivity contribution < 1.29 is 4.79 Å². The van der Waals surface area contributed by atoms with Crippen molar-refractivity contribution in [2.75, 3.05) is 0 Å². The molecule has 0 aromatic heterocycles. The first-order chi connectivity index (χ1) is 7.54. The fraction of sp³-hybridized carbons (Fsp3) is 0.333. The summed E-state index contributed by atoms with van der Waals surface area (Å²) in [5.41, 5.74) is 11.4. The van der Waals surface area contributed by atoms with Gasteiger partial charge in [0.25, 0.3) is 0 Å². The van der Waals surface area contributed by atoms with Gasteiger partial charge in [0.1, 0.15) is 0 Å². The number of urea groups is 1. The molecule has 16 heavy (non-hydrogen) atoms. The maximum Gasteiger partial charge on any atom is 0.332 e. The van der Waals surface area contributed by atoms with Gasteiger partial charge in [0.05, 0.1) is 5.71 Å². The van der Waals surface area contributed by atoms with E-state index in [1.807, 2.05) is 32.9 Å². The average Bonchev–Trinajstić information content (AvgIpc) is 2.23. The number of hydrogen-bond acceptors (Lipinski definition) is 2. The summed E-state index contributed by atoms with van der Waals surface area (Å²) in [6.07, 6.45) is 0.741. The molecule has 1 rings (SSSR count). The molecular weight excluding hydrogens is 202 g/mol. The minimum absolute atomic E-state index is 0.642. The van der Waals surface area contributed by atoms with E-state index >= 15 is 0 Å². The fourth-order valence-corrected chi connectivity index (χ4v) is 1.50. The molecule has 4 heteroatoms. The summed E-state index contributed by atoms with van der Waals surface area (Å²) in [7, 11) is 0. The highest BCUT2D eigenvalue weighted by atomic mass is 16.2. The van der Waals surface area contributed by atoms with Crippen molar-refractivity contribution in [3.63, 3.8) is 0 Å².